The number of nitrogens with one attached hydrogen (secondary N) is 1. The number of hydrogen-bond donors (Lipinski definition) is 1. The van der Waals surface area contributed by atoms with Crippen LogP contribution in [0.25, 0.3) is 0 Å². The summed E-state index contributed by atoms with van der Waals surface area (Å²) >= 11 is 0. The third-order valence-electron chi connectivity index (χ3n) is 5.67. The lowest BCUT2D eigenvalue weighted by molar-refractivity contribution is 0.0255. The molecule has 0 saturated carbocycles. The molecule has 0 radical (unpaired) electrons. The normalized spacial score (nSPS) is 13.8. The van der Waals surface area contributed by atoms with Gasteiger partial charge in [-0.05, 0) is 45.4 Å². The number of pyridine rings is 1. The van der Waals surface area contributed by atoms with E-state index in [0.717, 1.165) is 17.1 Å². The van der Waals surface area contributed by atoms with E-state index in [2.05, 4.69) is 22.1 Å². The number of carbonyl (C=O) groups excluding carboxylic acids is 2. The predicted octanol–water partition coefficient (Wildman–Crippen LogP) is 3.32. The van der Waals surface area contributed by atoms with Crippen LogP contribution in [-0.2, 0) is 11.3 Å². The van der Waals surface area contributed by atoms with Crippen molar-refractivity contribution in [2.24, 2.45) is 0 Å². The first-order valence-electron chi connectivity index (χ1n) is 12.3. The summed E-state index contributed by atoms with van der Waals surface area (Å²) in [5.41, 5.74) is 1.51. The lowest BCUT2D eigenvalue weighted by atomic mass is 10.2. The Morgan fingerprint density at radius 1 is 1.03 bits per heavy atom. The molecule has 1 aliphatic rings. The number of rotatable bonds is 6. The van der Waals surface area contributed by atoms with Gasteiger partial charge in [-0.15, -0.1) is 0 Å². The Morgan fingerprint density at radius 3 is 2.51 bits per heavy atom. The van der Waals surface area contributed by atoms with Gasteiger partial charge in [-0.1, -0.05) is 17.9 Å². The van der Waals surface area contributed by atoms with Gasteiger partial charge in [0.15, 0.2) is 0 Å². The lowest BCUT2D eigenvalue weighted by Gasteiger charge is -2.26. The Kier molecular flexibility index (Phi) is 9.75. The van der Waals surface area contributed by atoms with Crippen molar-refractivity contribution >= 4 is 12.0 Å². The van der Waals surface area contributed by atoms with E-state index in [1.54, 1.807) is 42.3 Å². The van der Waals surface area contributed by atoms with Crippen LogP contribution < -0.4 is 14.8 Å². The van der Waals surface area contributed by atoms with Crippen LogP contribution in [0.15, 0.2) is 36.5 Å². The summed E-state index contributed by atoms with van der Waals surface area (Å²) in [7, 11) is 3.25. The number of aromatic nitrogens is 1. The van der Waals surface area contributed by atoms with Crippen molar-refractivity contribution in [2.75, 3.05) is 46.9 Å². The van der Waals surface area contributed by atoms with Gasteiger partial charge in [-0.25, -0.2) is 4.79 Å². The summed E-state index contributed by atoms with van der Waals surface area (Å²) in [6.45, 7) is 8.53. The highest BCUT2D eigenvalue weighted by Gasteiger charge is 2.26. The van der Waals surface area contributed by atoms with Gasteiger partial charge in [0.05, 0.1) is 20.8 Å². The SMILES string of the molecule is COc1ccc(CNCC#Cc2ccnc(C(=O)N3CCCN(C(=O)OC(C)(C)C)CC3)c2)c(OC)c1. The highest BCUT2D eigenvalue weighted by molar-refractivity contribution is 5.92. The van der Waals surface area contributed by atoms with E-state index in [-0.39, 0.29) is 12.0 Å². The van der Waals surface area contributed by atoms with E-state index >= 15 is 0 Å². The summed E-state index contributed by atoms with van der Waals surface area (Å²) in [5, 5.41) is 3.28. The summed E-state index contributed by atoms with van der Waals surface area (Å²) < 4.78 is 16.1. The largest absolute Gasteiger partial charge is 0.497 e. The van der Waals surface area contributed by atoms with Gasteiger partial charge < -0.3 is 29.3 Å². The minimum absolute atomic E-state index is 0.167. The van der Waals surface area contributed by atoms with Crippen molar-refractivity contribution in [3.63, 3.8) is 0 Å². The molecule has 198 valence electrons. The highest BCUT2D eigenvalue weighted by Crippen LogP contribution is 2.24. The summed E-state index contributed by atoms with van der Waals surface area (Å²) in [4.78, 5) is 33.1. The topological polar surface area (TPSA) is 93.2 Å². The zero-order chi connectivity index (χ0) is 26.8. The first-order valence-corrected chi connectivity index (χ1v) is 12.3. The monoisotopic (exact) mass is 508 g/mol. The molecule has 2 amide bonds. The van der Waals surface area contributed by atoms with Crippen LogP contribution in [0, 0.1) is 11.8 Å². The van der Waals surface area contributed by atoms with E-state index in [9.17, 15) is 9.59 Å². The fourth-order valence-electron chi connectivity index (χ4n) is 3.82. The average molecular weight is 509 g/mol. The molecule has 9 nitrogen and oxygen atoms in total. The Labute approximate surface area is 219 Å². The molecule has 0 bridgehead atoms. The van der Waals surface area contributed by atoms with Gasteiger partial charge in [-0.2, -0.15) is 0 Å². The second kappa shape index (κ2) is 13.0. The molecule has 0 unspecified atom stereocenters. The van der Waals surface area contributed by atoms with Crippen molar-refractivity contribution in [3.05, 3.63) is 53.3 Å². The molecular formula is C28H36N4O5. The zero-order valence-corrected chi connectivity index (χ0v) is 22.3. The Morgan fingerprint density at radius 2 is 1.78 bits per heavy atom. The third-order valence-corrected chi connectivity index (χ3v) is 5.67. The van der Waals surface area contributed by atoms with Crippen LogP contribution in [0.3, 0.4) is 0 Å². The number of carbonyl (C=O) groups is 2. The summed E-state index contributed by atoms with van der Waals surface area (Å²) in [5.74, 6) is 7.50. The minimum atomic E-state index is -0.553. The highest BCUT2D eigenvalue weighted by atomic mass is 16.6. The lowest BCUT2D eigenvalue weighted by Crippen LogP contribution is -2.40. The summed E-state index contributed by atoms with van der Waals surface area (Å²) in [6, 6.07) is 9.17. The van der Waals surface area contributed by atoms with Gasteiger partial charge in [0.1, 0.15) is 22.8 Å². The maximum absolute atomic E-state index is 13.1. The van der Waals surface area contributed by atoms with E-state index in [1.165, 1.54) is 0 Å². The van der Waals surface area contributed by atoms with Gasteiger partial charge >= 0.3 is 6.09 Å². The number of nitrogens with zero attached hydrogens (tertiary/aromatic N) is 3. The van der Waals surface area contributed by atoms with Crippen LogP contribution in [0.5, 0.6) is 11.5 Å². The molecule has 0 spiro atoms. The Bertz CT molecular complexity index is 1150. The molecule has 1 saturated heterocycles. The van der Waals surface area contributed by atoms with Crippen LogP contribution in [0.4, 0.5) is 4.79 Å². The van der Waals surface area contributed by atoms with Crippen LogP contribution in [-0.4, -0.2) is 79.3 Å². The molecule has 1 aliphatic heterocycles. The fraction of sp³-hybridized carbons (Fsp3) is 0.464. The second-order valence-electron chi connectivity index (χ2n) is 9.63. The average Bonchev–Trinajstić information content (AvgIpc) is 3.14. The van der Waals surface area contributed by atoms with Crippen molar-refractivity contribution in [1.82, 2.24) is 20.1 Å². The molecule has 1 N–H and O–H groups in total. The number of benzene rings is 1. The minimum Gasteiger partial charge on any atom is -0.497 e. The maximum atomic E-state index is 13.1. The molecular weight excluding hydrogens is 472 g/mol. The molecule has 0 aliphatic carbocycles. The second-order valence-corrected chi connectivity index (χ2v) is 9.63. The molecule has 1 fully saturated rings. The van der Waals surface area contributed by atoms with Crippen LogP contribution in [0.2, 0.25) is 0 Å². The van der Waals surface area contributed by atoms with E-state index in [4.69, 9.17) is 14.2 Å². The Hall–Kier alpha value is -3.77. The molecule has 2 heterocycles. The smallest absolute Gasteiger partial charge is 0.410 e. The van der Waals surface area contributed by atoms with Gasteiger partial charge in [0.25, 0.3) is 5.91 Å². The van der Waals surface area contributed by atoms with Crippen molar-refractivity contribution in [3.8, 4) is 23.3 Å². The molecule has 37 heavy (non-hydrogen) atoms. The van der Waals surface area contributed by atoms with Crippen molar-refractivity contribution < 1.29 is 23.8 Å². The van der Waals surface area contributed by atoms with Crippen molar-refractivity contribution in [1.29, 1.82) is 0 Å². The first-order chi connectivity index (χ1) is 17.7. The van der Waals surface area contributed by atoms with E-state index in [0.29, 0.717) is 56.9 Å². The van der Waals surface area contributed by atoms with Gasteiger partial charge in [0, 0.05) is 56.1 Å². The van der Waals surface area contributed by atoms with Crippen LogP contribution >= 0.6 is 0 Å². The quantitative estimate of drug-likeness (QED) is 0.473. The molecule has 0 atom stereocenters. The standard InChI is InChI=1S/C28H36N4O5/c1-28(2,3)37-27(34)32-15-7-14-31(16-17-32)26(33)24-18-21(11-13-30-24)8-6-12-29-20-22-9-10-23(35-4)19-25(22)36-5/h9-11,13,18-19,29H,7,12,14-17,20H2,1-5H3. The zero-order valence-electron chi connectivity index (χ0n) is 22.3. The molecule has 2 aromatic rings. The number of methoxy groups -OCH3 is 2. The third kappa shape index (κ3) is 8.40. The molecule has 3 rings (SSSR count). The molecule has 1 aromatic heterocycles. The van der Waals surface area contributed by atoms with Crippen molar-refractivity contribution in [2.45, 2.75) is 39.3 Å². The number of amides is 2. The summed E-state index contributed by atoms with van der Waals surface area (Å²) in [6.07, 6.45) is 1.92. The van der Waals surface area contributed by atoms with E-state index in [1.807, 2.05) is 39.0 Å². The molecule has 1 aromatic carbocycles. The molecule has 9 heteroatoms. The predicted molar refractivity (Wildman–Crippen MR) is 141 cm³/mol. The number of hydrogen-bond acceptors (Lipinski definition) is 7. The fourth-order valence-corrected chi connectivity index (χ4v) is 3.82. The maximum Gasteiger partial charge on any atom is 0.410 e. The van der Waals surface area contributed by atoms with Gasteiger partial charge in [-0.3, -0.25) is 9.78 Å². The first kappa shape index (κ1) is 27.8. The van der Waals surface area contributed by atoms with Gasteiger partial charge in [0.2, 0.25) is 0 Å². The number of ether oxygens (including phenoxy) is 3. The van der Waals surface area contributed by atoms with E-state index < -0.39 is 5.60 Å². The van der Waals surface area contributed by atoms with Crippen LogP contribution in [0.1, 0.15) is 48.8 Å². The Balaban J connectivity index is 1.54.